The highest BCUT2D eigenvalue weighted by Crippen LogP contribution is 2.31. The minimum atomic E-state index is -4.43. The first-order chi connectivity index (χ1) is 15.8. The Hall–Kier alpha value is -3.55. The van der Waals surface area contributed by atoms with Crippen molar-refractivity contribution in [2.45, 2.75) is 18.6 Å². The molecule has 0 spiro atoms. The van der Waals surface area contributed by atoms with Gasteiger partial charge in [0.2, 0.25) is 5.90 Å². The quantitative estimate of drug-likeness (QED) is 0.322. The number of nitrogens with zero attached hydrogens (tertiary/aromatic N) is 2. The van der Waals surface area contributed by atoms with Crippen LogP contribution in [0.15, 0.2) is 76.7 Å². The monoisotopic (exact) mass is 458 g/mol. The molecule has 0 aliphatic carbocycles. The van der Waals surface area contributed by atoms with E-state index in [-0.39, 0.29) is 29.7 Å². The van der Waals surface area contributed by atoms with E-state index in [4.69, 9.17) is 4.74 Å². The average Bonchev–Trinajstić information content (AvgIpc) is 3.26. The van der Waals surface area contributed by atoms with Crippen molar-refractivity contribution in [1.29, 1.82) is 0 Å². The van der Waals surface area contributed by atoms with Crippen LogP contribution in [0.3, 0.4) is 0 Å². The summed E-state index contributed by atoms with van der Waals surface area (Å²) in [5.41, 5.74) is 0.812. The third-order valence-electron chi connectivity index (χ3n) is 5.22. The molecule has 170 valence electrons. The van der Waals surface area contributed by atoms with Gasteiger partial charge in [0, 0.05) is 18.3 Å². The summed E-state index contributed by atoms with van der Waals surface area (Å²) in [7, 11) is 0. The van der Waals surface area contributed by atoms with Crippen LogP contribution in [0, 0.1) is 11.6 Å². The zero-order chi connectivity index (χ0) is 23.4. The standard InChI is InChI=1S/C25H19F5N2O/c26-20-6-3-7-21(27)23(20)24-32-22(15-33-24)17-10-8-16(9-11-17)12-13-31-14-18-4-1-2-5-19(18)25(28,29)30/h1-11,14,22H,12-13,15H2/b31-14+. The lowest BCUT2D eigenvalue weighted by molar-refractivity contribution is -0.137. The second-order valence-electron chi connectivity index (χ2n) is 7.47. The minimum Gasteiger partial charge on any atom is -0.475 e. The van der Waals surface area contributed by atoms with Gasteiger partial charge in [-0.1, -0.05) is 48.5 Å². The van der Waals surface area contributed by atoms with Gasteiger partial charge in [-0.05, 0) is 35.7 Å². The van der Waals surface area contributed by atoms with Crippen molar-refractivity contribution in [2.75, 3.05) is 13.2 Å². The molecular formula is C25H19F5N2O. The van der Waals surface area contributed by atoms with E-state index in [0.29, 0.717) is 13.0 Å². The Labute approximate surface area is 187 Å². The molecule has 1 heterocycles. The maximum Gasteiger partial charge on any atom is 0.417 e. The Kier molecular flexibility index (Phi) is 6.53. The molecule has 1 unspecified atom stereocenters. The minimum absolute atomic E-state index is 0.0292. The van der Waals surface area contributed by atoms with Crippen molar-refractivity contribution in [3.05, 3.63) is 106 Å². The van der Waals surface area contributed by atoms with Gasteiger partial charge in [-0.3, -0.25) is 4.99 Å². The van der Waals surface area contributed by atoms with Crippen LogP contribution in [0.4, 0.5) is 22.0 Å². The number of benzene rings is 3. The molecule has 0 fully saturated rings. The number of hydrogen-bond donors (Lipinski definition) is 0. The molecular weight excluding hydrogens is 439 g/mol. The van der Waals surface area contributed by atoms with Crippen LogP contribution in [0.2, 0.25) is 0 Å². The van der Waals surface area contributed by atoms with Crippen LogP contribution in [-0.4, -0.2) is 25.3 Å². The number of rotatable bonds is 6. The fraction of sp³-hybridized carbons (Fsp3) is 0.200. The fourth-order valence-electron chi connectivity index (χ4n) is 3.51. The molecule has 0 N–H and O–H groups in total. The number of halogens is 5. The average molecular weight is 458 g/mol. The van der Waals surface area contributed by atoms with Crippen LogP contribution < -0.4 is 0 Å². The predicted octanol–water partition coefficient (Wildman–Crippen LogP) is 6.16. The highest BCUT2D eigenvalue weighted by Gasteiger charge is 2.32. The van der Waals surface area contributed by atoms with Crippen LogP contribution in [-0.2, 0) is 17.3 Å². The molecule has 0 aromatic heterocycles. The second-order valence-corrected chi connectivity index (χ2v) is 7.47. The van der Waals surface area contributed by atoms with E-state index in [1.165, 1.54) is 30.5 Å². The van der Waals surface area contributed by atoms with Gasteiger partial charge in [0.1, 0.15) is 29.8 Å². The first kappa shape index (κ1) is 22.6. The van der Waals surface area contributed by atoms with E-state index in [1.807, 2.05) is 24.3 Å². The van der Waals surface area contributed by atoms with Crippen molar-refractivity contribution in [1.82, 2.24) is 0 Å². The Morgan fingerprint density at radius 1 is 0.939 bits per heavy atom. The molecule has 0 saturated heterocycles. The number of ether oxygens (including phenoxy) is 1. The van der Waals surface area contributed by atoms with Crippen LogP contribution in [0.1, 0.15) is 33.9 Å². The summed E-state index contributed by atoms with van der Waals surface area (Å²) in [5, 5.41) is 0. The lowest BCUT2D eigenvalue weighted by atomic mass is 10.0. The molecule has 0 amide bonds. The van der Waals surface area contributed by atoms with E-state index in [2.05, 4.69) is 9.98 Å². The largest absolute Gasteiger partial charge is 0.475 e. The molecule has 0 saturated carbocycles. The van der Waals surface area contributed by atoms with E-state index in [9.17, 15) is 22.0 Å². The summed E-state index contributed by atoms with van der Waals surface area (Å²) in [6, 6.07) is 15.9. The van der Waals surface area contributed by atoms with Gasteiger partial charge in [-0.15, -0.1) is 0 Å². The van der Waals surface area contributed by atoms with Crippen molar-refractivity contribution < 1.29 is 26.7 Å². The van der Waals surface area contributed by atoms with Crippen molar-refractivity contribution >= 4 is 12.1 Å². The van der Waals surface area contributed by atoms with E-state index in [0.717, 1.165) is 29.3 Å². The smallest absolute Gasteiger partial charge is 0.417 e. The van der Waals surface area contributed by atoms with Gasteiger partial charge in [0.15, 0.2) is 0 Å². The highest BCUT2D eigenvalue weighted by atomic mass is 19.4. The van der Waals surface area contributed by atoms with Crippen molar-refractivity contribution in [3.63, 3.8) is 0 Å². The summed E-state index contributed by atoms with van der Waals surface area (Å²) in [5.74, 6) is -1.53. The Morgan fingerprint density at radius 2 is 1.64 bits per heavy atom. The summed E-state index contributed by atoms with van der Waals surface area (Å²) in [6.45, 7) is 0.498. The zero-order valence-electron chi connectivity index (χ0n) is 17.3. The van der Waals surface area contributed by atoms with E-state index >= 15 is 0 Å². The number of alkyl halides is 3. The molecule has 1 aliphatic heterocycles. The SMILES string of the molecule is Fc1cccc(F)c1C1=NC(c2ccc(CC/N=C/c3ccccc3C(F)(F)F)cc2)CO1. The van der Waals surface area contributed by atoms with Crippen LogP contribution >= 0.6 is 0 Å². The summed E-state index contributed by atoms with van der Waals surface area (Å²) in [6.07, 6.45) is -2.64. The third kappa shape index (κ3) is 5.27. The number of aliphatic imine (C=N–C) groups is 2. The fourth-order valence-corrected chi connectivity index (χ4v) is 3.51. The number of hydrogen-bond acceptors (Lipinski definition) is 3. The Bertz CT molecular complexity index is 1170. The summed E-state index contributed by atoms with van der Waals surface area (Å²) in [4.78, 5) is 8.45. The molecule has 1 aliphatic rings. The van der Waals surface area contributed by atoms with Gasteiger partial charge < -0.3 is 4.74 Å². The molecule has 0 radical (unpaired) electrons. The van der Waals surface area contributed by atoms with E-state index in [1.54, 1.807) is 0 Å². The molecule has 0 bridgehead atoms. The van der Waals surface area contributed by atoms with Gasteiger partial charge in [-0.2, -0.15) is 13.2 Å². The highest BCUT2D eigenvalue weighted by molar-refractivity contribution is 5.95. The normalized spacial score (nSPS) is 16.2. The van der Waals surface area contributed by atoms with Gasteiger partial charge in [-0.25, -0.2) is 13.8 Å². The molecule has 3 aromatic carbocycles. The lowest BCUT2D eigenvalue weighted by Gasteiger charge is -2.09. The van der Waals surface area contributed by atoms with Crippen molar-refractivity contribution in [3.8, 4) is 0 Å². The lowest BCUT2D eigenvalue weighted by Crippen LogP contribution is -2.08. The zero-order valence-corrected chi connectivity index (χ0v) is 17.3. The summed E-state index contributed by atoms with van der Waals surface area (Å²) < 4.78 is 72.4. The first-order valence-electron chi connectivity index (χ1n) is 10.2. The second kappa shape index (κ2) is 9.52. The molecule has 4 rings (SSSR count). The maximum absolute atomic E-state index is 14.0. The van der Waals surface area contributed by atoms with Gasteiger partial charge in [0.05, 0.1) is 5.56 Å². The Morgan fingerprint density at radius 3 is 2.33 bits per heavy atom. The molecule has 3 nitrogen and oxygen atoms in total. The molecule has 3 aromatic rings. The maximum atomic E-state index is 14.0. The van der Waals surface area contributed by atoms with Crippen LogP contribution in [0.25, 0.3) is 0 Å². The molecule has 8 heteroatoms. The van der Waals surface area contributed by atoms with Gasteiger partial charge in [0.25, 0.3) is 0 Å². The topological polar surface area (TPSA) is 34.0 Å². The Balaban J connectivity index is 1.38. The van der Waals surface area contributed by atoms with Crippen molar-refractivity contribution in [2.24, 2.45) is 9.98 Å². The van der Waals surface area contributed by atoms with E-state index < -0.39 is 23.4 Å². The van der Waals surface area contributed by atoms with Gasteiger partial charge >= 0.3 is 6.18 Å². The molecule has 33 heavy (non-hydrogen) atoms. The van der Waals surface area contributed by atoms with Crippen LogP contribution in [0.5, 0.6) is 0 Å². The predicted molar refractivity (Wildman–Crippen MR) is 116 cm³/mol. The molecule has 1 atom stereocenters. The third-order valence-corrected chi connectivity index (χ3v) is 5.22. The summed E-state index contributed by atoms with van der Waals surface area (Å²) >= 11 is 0. The first-order valence-corrected chi connectivity index (χ1v) is 10.2.